The van der Waals surface area contributed by atoms with Crippen molar-refractivity contribution in [1.82, 2.24) is 14.7 Å². The van der Waals surface area contributed by atoms with Gasteiger partial charge in [-0.1, -0.05) is 0 Å². The Morgan fingerprint density at radius 3 is 2.55 bits per heavy atom. The standard InChI is InChI=1S/C14H18N4O2/c1-16-5-7-18(8-6-16)13-11-4-3-10(14(19)20)9-12(11)17(2)15-13/h3-4,9H,5-8H2,1-2H3,(H,19,20). The molecule has 3 rings (SSSR count). The molecule has 0 spiro atoms. The van der Waals surface area contributed by atoms with Crippen LogP contribution in [-0.4, -0.2) is 59.0 Å². The van der Waals surface area contributed by atoms with Crippen LogP contribution in [0.2, 0.25) is 0 Å². The smallest absolute Gasteiger partial charge is 0.335 e. The van der Waals surface area contributed by atoms with Crippen LogP contribution in [0.15, 0.2) is 18.2 Å². The van der Waals surface area contributed by atoms with Crippen LogP contribution in [0, 0.1) is 0 Å². The van der Waals surface area contributed by atoms with Crippen LogP contribution in [-0.2, 0) is 7.05 Å². The van der Waals surface area contributed by atoms with Crippen LogP contribution >= 0.6 is 0 Å². The van der Waals surface area contributed by atoms with E-state index in [9.17, 15) is 4.79 Å². The van der Waals surface area contributed by atoms with Gasteiger partial charge in [0.15, 0.2) is 5.82 Å². The maximum Gasteiger partial charge on any atom is 0.335 e. The number of aryl methyl sites for hydroxylation is 1. The number of aromatic nitrogens is 2. The van der Waals surface area contributed by atoms with Crippen LogP contribution in [0.3, 0.4) is 0 Å². The third kappa shape index (κ3) is 2.12. The molecule has 1 aromatic carbocycles. The Bertz CT molecular complexity index is 656. The molecule has 2 aromatic rings. The average molecular weight is 274 g/mol. The van der Waals surface area contributed by atoms with Gasteiger partial charge in [0.25, 0.3) is 0 Å². The van der Waals surface area contributed by atoms with Crippen LogP contribution in [0.5, 0.6) is 0 Å². The highest BCUT2D eigenvalue weighted by atomic mass is 16.4. The second-order valence-electron chi connectivity index (χ2n) is 5.27. The van der Waals surface area contributed by atoms with Crippen molar-refractivity contribution in [3.63, 3.8) is 0 Å². The number of anilines is 1. The fourth-order valence-electron chi connectivity index (χ4n) is 2.62. The fourth-order valence-corrected chi connectivity index (χ4v) is 2.62. The first kappa shape index (κ1) is 12.9. The van der Waals surface area contributed by atoms with Crippen LogP contribution < -0.4 is 4.90 Å². The molecule has 0 bridgehead atoms. The zero-order valence-corrected chi connectivity index (χ0v) is 11.7. The molecule has 1 fully saturated rings. The SMILES string of the molecule is CN1CCN(c2nn(C)c3cc(C(=O)O)ccc23)CC1. The summed E-state index contributed by atoms with van der Waals surface area (Å²) in [7, 11) is 3.97. The largest absolute Gasteiger partial charge is 0.478 e. The lowest BCUT2D eigenvalue weighted by Crippen LogP contribution is -2.44. The van der Waals surface area contributed by atoms with Crippen molar-refractivity contribution in [3.8, 4) is 0 Å². The Kier molecular flexibility index (Phi) is 3.10. The van der Waals surface area contributed by atoms with Gasteiger partial charge < -0.3 is 14.9 Å². The van der Waals surface area contributed by atoms with Crippen molar-refractivity contribution < 1.29 is 9.90 Å². The van der Waals surface area contributed by atoms with Crippen molar-refractivity contribution in [2.24, 2.45) is 7.05 Å². The van der Waals surface area contributed by atoms with Gasteiger partial charge in [0.2, 0.25) is 0 Å². The van der Waals surface area contributed by atoms with E-state index in [0.717, 1.165) is 42.9 Å². The number of nitrogens with zero attached hydrogens (tertiary/aromatic N) is 4. The van der Waals surface area contributed by atoms with E-state index in [2.05, 4.69) is 21.9 Å². The Hall–Kier alpha value is -2.08. The molecule has 1 aliphatic heterocycles. The molecule has 0 amide bonds. The summed E-state index contributed by atoms with van der Waals surface area (Å²) < 4.78 is 1.76. The predicted octanol–water partition coefficient (Wildman–Crippen LogP) is 1.02. The Morgan fingerprint density at radius 2 is 1.90 bits per heavy atom. The molecule has 1 aliphatic rings. The second kappa shape index (κ2) is 4.79. The lowest BCUT2D eigenvalue weighted by molar-refractivity contribution is 0.0697. The Labute approximate surface area is 117 Å². The molecule has 6 nitrogen and oxygen atoms in total. The van der Waals surface area contributed by atoms with E-state index >= 15 is 0 Å². The molecule has 2 heterocycles. The van der Waals surface area contributed by atoms with Gasteiger partial charge in [-0.25, -0.2) is 4.79 Å². The highest BCUT2D eigenvalue weighted by Crippen LogP contribution is 2.27. The number of fused-ring (bicyclic) bond motifs is 1. The van der Waals surface area contributed by atoms with E-state index in [1.165, 1.54) is 0 Å². The number of hydrogen-bond acceptors (Lipinski definition) is 4. The number of likely N-dealkylation sites (N-methyl/N-ethyl adjacent to an activating group) is 1. The molecule has 0 atom stereocenters. The van der Waals surface area contributed by atoms with Gasteiger partial charge in [-0.2, -0.15) is 5.10 Å². The van der Waals surface area contributed by atoms with Gasteiger partial charge in [-0.3, -0.25) is 4.68 Å². The molecule has 6 heteroatoms. The van der Waals surface area contributed by atoms with E-state index in [1.807, 2.05) is 13.1 Å². The summed E-state index contributed by atoms with van der Waals surface area (Å²) in [5.41, 5.74) is 1.16. The normalized spacial score (nSPS) is 16.8. The molecular formula is C14H18N4O2. The summed E-state index contributed by atoms with van der Waals surface area (Å²) in [4.78, 5) is 15.6. The van der Waals surface area contributed by atoms with Crippen LogP contribution in [0.4, 0.5) is 5.82 Å². The van der Waals surface area contributed by atoms with Gasteiger partial charge in [0.05, 0.1) is 11.1 Å². The van der Waals surface area contributed by atoms with Gasteiger partial charge >= 0.3 is 5.97 Å². The monoisotopic (exact) mass is 274 g/mol. The summed E-state index contributed by atoms with van der Waals surface area (Å²) in [6.45, 7) is 3.93. The topological polar surface area (TPSA) is 61.6 Å². The molecule has 0 radical (unpaired) electrons. The van der Waals surface area contributed by atoms with E-state index in [0.29, 0.717) is 5.56 Å². The van der Waals surface area contributed by atoms with Crippen molar-refractivity contribution in [1.29, 1.82) is 0 Å². The zero-order valence-electron chi connectivity index (χ0n) is 11.7. The van der Waals surface area contributed by atoms with Gasteiger partial charge in [0, 0.05) is 38.6 Å². The third-order valence-corrected chi connectivity index (χ3v) is 3.88. The number of piperazine rings is 1. The number of carboxylic acid groups (broad SMARTS) is 1. The predicted molar refractivity (Wildman–Crippen MR) is 77.4 cm³/mol. The Balaban J connectivity index is 2.02. The minimum atomic E-state index is -0.908. The second-order valence-corrected chi connectivity index (χ2v) is 5.27. The van der Waals surface area contributed by atoms with Crippen molar-refractivity contribution >= 4 is 22.7 Å². The molecule has 1 saturated heterocycles. The summed E-state index contributed by atoms with van der Waals surface area (Å²) >= 11 is 0. The van der Waals surface area contributed by atoms with Gasteiger partial charge in [-0.05, 0) is 25.2 Å². The van der Waals surface area contributed by atoms with Crippen LogP contribution in [0.1, 0.15) is 10.4 Å². The minimum Gasteiger partial charge on any atom is -0.478 e. The highest BCUT2D eigenvalue weighted by molar-refractivity contribution is 5.97. The van der Waals surface area contributed by atoms with E-state index < -0.39 is 5.97 Å². The van der Waals surface area contributed by atoms with Crippen molar-refractivity contribution in [2.75, 3.05) is 38.1 Å². The maximum atomic E-state index is 11.1. The first-order valence-electron chi connectivity index (χ1n) is 6.70. The lowest BCUT2D eigenvalue weighted by Gasteiger charge is -2.32. The number of aromatic carboxylic acids is 1. The number of carboxylic acids is 1. The molecule has 1 N–H and O–H groups in total. The first-order valence-corrected chi connectivity index (χ1v) is 6.70. The summed E-state index contributed by atoms with van der Waals surface area (Å²) in [6.07, 6.45) is 0. The van der Waals surface area contributed by atoms with Crippen LogP contribution in [0.25, 0.3) is 10.9 Å². The minimum absolute atomic E-state index is 0.297. The summed E-state index contributed by atoms with van der Waals surface area (Å²) in [6, 6.07) is 5.19. The molecule has 106 valence electrons. The van der Waals surface area contributed by atoms with E-state index in [-0.39, 0.29) is 0 Å². The molecule has 1 aromatic heterocycles. The Morgan fingerprint density at radius 1 is 1.20 bits per heavy atom. The van der Waals surface area contributed by atoms with Crippen molar-refractivity contribution in [3.05, 3.63) is 23.8 Å². The molecule has 0 unspecified atom stereocenters. The number of rotatable bonds is 2. The molecule has 0 saturated carbocycles. The molecular weight excluding hydrogens is 256 g/mol. The maximum absolute atomic E-state index is 11.1. The zero-order chi connectivity index (χ0) is 14.3. The molecule has 20 heavy (non-hydrogen) atoms. The third-order valence-electron chi connectivity index (χ3n) is 3.88. The first-order chi connectivity index (χ1) is 9.56. The van der Waals surface area contributed by atoms with E-state index in [4.69, 9.17) is 5.11 Å². The number of carbonyl (C=O) groups is 1. The van der Waals surface area contributed by atoms with E-state index in [1.54, 1.807) is 16.8 Å². The average Bonchev–Trinajstić information content (AvgIpc) is 2.76. The quantitative estimate of drug-likeness (QED) is 0.886. The highest BCUT2D eigenvalue weighted by Gasteiger charge is 2.20. The summed E-state index contributed by atoms with van der Waals surface area (Å²) in [5.74, 6) is 0.0433. The van der Waals surface area contributed by atoms with Gasteiger partial charge in [0.1, 0.15) is 0 Å². The lowest BCUT2D eigenvalue weighted by atomic mass is 10.1. The number of benzene rings is 1. The molecule has 0 aliphatic carbocycles. The van der Waals surface area contributed by atoms with Gasteiger partial charge in [-0.15, -0.1) is 0 Å². The fraction of sp³-hybridized carbons (Fsp3) is 0.429. The summed E-state index contributed by atoms with van der Waals surface area (Å²) in [5, 5.41) is 14.7. The number of hydrogen-bond donors (Lipinski definition) is 1. The van der Waals surface area contributed by atoms with Crippen molar-refractivity contribution in [2.45, 2.75) is 0 Å².